The summed E-state index contributed by atoms with van der Waals surface area (Å²) < 4.78 is 29.8. The van der Waals surface area contributed by atoms with Crippen molar-refractivity contribution in [3.63, 3.8) is 0 Å². The number of nitrogens with zero attached hydrogens (tertiary/aromatic N) is 2. The number of carboxylic acids is 1. The number of hydrogen-bond donors (Lipinski definition) is 2. The van der Waals surface area contributed by atoms with Crippen LogP contribution in [0, 0.1) is 13.8 Å². The Labute approximate surface area is 142 Å². The standard InChI is InChI=1S/C16H17F2N3O4/c1-8-5-4-6-10(9(8)2)13(15(23)24)19-14(22)11-7-12(21(3)20-11)25-16(17)18/h4-7,13,16H,1-3H3,(H,19,22)(H,23,24). The third kappa shape index (κ3) is 4.11. The Balaban J connectivity index is 2.27. The van der Waals surface area contributed by atoms with Crippen LogP contribution in [-0.2, 0) is 11.8 Å². The van der Waals surface area contributed by atoms with Crippen LogP contribution in [0.4, 0.5) is 8.78 Å². The Morgan fingerprint density at radius 2 is 2.00 bits per heavy atom. The lowest BCUT2D eigenvalue weighted by Crippen LogP contribution is -2.34. The number of amides is 1. The molecule has 2 rings (SSSR count). The quantitative estimate of drug-likeness (QED) is 0.830. The Morgan fingerprint density at radius 1 is 1.32 bits per heavy atom. The van der Waals surface area contributed by atoms with Crippen molar-refractivity contribution < 1.29 is 28.2 Å². The average molecular weight is 353 g/mol. The molecule has 0 radical (unpaired) electrons. The van der Waals surface area contributed by atoms with Crippen LogP contribution >= 0.6 is 0 Å². The molecule has 1 aromatic carbocycles. The molecule has 0 fully saturated rings. The number of carbonyl (C=O) groups is 2. The molecule has 2 N–H and O–H groups in total. The number of carboxylic acid groups (broad SMARTS) is 1. The first kappa shape index (κ1) is 18.4. The number of carbonyl (C=O) groups excluding carboxylic acids is 1. The van der Waals surface area contributed by atoms with Crippen LogP contribution in [0.15, 0.2) is 24.3 Å². The fraction of sp³-hybridized carbons (Fsp3) is 0.312. The highest BCUT2D eigenvalue weighted by Gasteiger charge is 2.26. The van der Waals surface area contributed by atoms with E-state index in [4.69, 9.17) is 0 Å². The summed E-state index contributed by atoms with van der Waals surface area (Å²) in [6.07, 6.45) is 0. The van der Waals surface area contributed by atoms with Crippen molar-refractivity contribution >= 4 is 11.9 Å². The predicted molar refractivity (Wildman–Crippen MR) is 83.6 cm³/mol. The summed E-state index contributed by atoms with van der Waals surface area (Å²) in [4.78, 5) is 23.9. The number of aryl methyl sites for hydroxylation is 2. The minimum absolute atomic E-state index is 0.227. The molecule has 7 nitrogen and oxygen atoms in total. The number of aromatic nitrogens is 2. The van der Waals surface area contributed by atoms with Crippen molar-refractivity contribution in [3.8, 4) is 5.88 Å². The zero-order valence-electron chi connectivity index (χ0n) is 13.8. The van der Waals surface area contributed by atoms with Crippen LogP contribution in [0.2, 0.25) is 0 Å². The molecule has 1 amide bonds. The zero-order chi connectivity index (χ0) is 18.7. The van der Waals surface area contributed by atoms with Gasteiger partial charge in [-0.2, -0.15) is 13.9 Å². The first-order valence-corrected chi connectivity index (χ1v) is 7.29. The number of ether oxygens (including phenoxy) is 1. The van der Waals surface area contributed by atoms with Gasteiger partial charge in [-0.25, -0.2) is 9.48 Å². The van der Waals surface area contributed by atoms with Gasteiger partial charge in [-0.1, -0.05) is 18.2 Å². The van der Waals surface area contributed by atoms with Crippen LogP contribution in [0.1, 0.15) is 33.2 Å². The molecule has 0 spiro atoms. The number of nitrogens with one attached hydrogen (secondary N) is 1. The lowest BCUT2D eigenvalue weighted by Gasteiger charge is -2.17. The molecule has 9 heteroatoms. The maximum absolute atomic E-state index is 12.3. The van der Waals surface area contributed by atoms with E-state index in [9.17, 15) is 23.5 Å². The molecule has 0 aliphatic heterocycles. The van der Waals surface area contributed by atoms with E-state index in [0.29, 0.717) is 5.56 Å². The van der Waals surface area contributed by atoms with Crippen molar-refractivity contribution in [1.29, 1.82) is 0 Å². The maximum Gasteiger partial charge on any atom is 0.388 e. The van der Waals surface area contributed by atoms with E-state index in [-0.39, 0.29) is 11.6 Å². The van der Waals surface area contributed by atoms with Crippen LogP contribution < -0.4 is 10.1 Å². The molecule has 2 aromatic rings. The second-order valence-electron chi connectivity index (χ2n) is 5.40. The number of hydrogen-bond acceptors (Lipinski definition) is 4. The van der Waals surface area contributed by atoms with Crippen LogP contribution in [0.3, 0.4) is 0 Å². The molecule has 0 saturated heterocycles. The second-order valence-corrected chi connectivity index (χ2v) is 5.40. The molecule has 1 heterocycles. The summed E-state index contributed by atoms with van der Waals surface area (Å²) in [5, 5.41) is 15.6. The number of benzene rings is 1. The largest absolute Gasteiger partial charge is 0.479 e. The van der Waals surface area contributed by atoms with Crippen molar-refractivity contribution in [2.45, 2.75) is 26.5 Å². The molecule has 0 aliphatic carbocycles. The highest BCUT2D eigenvalue weighted by molar-refractivity contribution is 5.95. The number of halogens is 2. The monoisotopic (exact) mass is 353 g/mol. The van der Waals surface area contributed by atoms with Gasteiger partial charge < -0.3 is 15.2 Å². The summed E-state index contributed by atoms with van der Waals surface area (Å²) >= 11 is 0. The van der Waals surface area contributed by atoms with Gasteiger partial charge in [0.05, 0.1) is 0 Å². The smallest absolute Gasteiger partial charge is 0.388 e. The van der Waals surface area contributed by atoms with Crippen molar-refractivity contribution in [2.24, 2.45) is 7.05 Å². The Kier molecular flexibility index (Phi) is 5.35. The van der Waals surface area contributed by atoms with E-state index in [1.807, 2.05) is 13.0 Å². The summed E-state index contributed by atoms with van der Waals surface area (Å²) in [7, 11) is 1.33. The van der Waals surface area contributed by atoms with Crippen LogP contribution in [-0.4, -0.2) is 33.4 Å². The fourth-order valence-corrected chi connectivity index (χ4v) is 2.33. The minimum Gasteiger partial charge on any atom is -0.479 e. The van der Waals surface area contributed by atoms with E-state index in [1.54, 1.807) is 19.1 Å². The summed E-state index contributed by atoms with van der Waals surface area (Å²) in [6.45, 7) is 0.516. The maximum atomic E-state index is 12.3. The Hall–Kier alpha value is -2.97. The number of aliphatic carboxylic acids is 1. The highest BCUT2D eigenvalue weighted by atomic mass is 19.3. The molecule has 1 aromatic heterocycles. The lowest BCUT2D eigenvalue weighted by atomic mass is 9.97. The van der Waals surface area contributed by atoms with Gasteiger partial charge in [0, 0.05) is 13.1 Å². The van der Waals surface area contributed by atoms with E-state index >= 15 is 0 Å². The van der Waals surface area contributed by atoms with Gasteiger partial charge in [0.2, 0.25) is 5.88 Å². The van der Waals surface area contributed by atoms with Gasteiger partial charge in [-0.05, 0) is 30.5 Å². The van der Waals surface area contributed by atoms with Crippen molar-refractivity contribution in [3.05, 3.63) is 46.6 Å². The van der Waals surface area contributed by atoms with Gasteiger partial charge in [0.1, 0.15) is 0 Å². The van der Waals surface area contributed by atoms with E-state index in [2.05, 4.69) is 15.2 Å². The third-order valence-corrected chi connectivity index (χ3v) is 3.76. The molecule has 1 unspecified atom stereocenters. The van der Waals surface area contributed by atoms with Crippen LogP contribution in [0.5, 0.6) is 5.88 Å². The third-order valence-electron chi connectivity index (χ3n) is 3.76. The molecule has 25 heavy (non-hydrogen) atoms. The Bertz CT molecular complexity index is 805. The summed E-state index contributed by atoms with van der Waals surface area (Å²) in [6, 6.07) is 4.84. The SMILES string of the molecule is Cc1cccc(C(NC(=O)c2cc(OC(F)F)n(C)n2)C(=O)O)c1C. The second kappa shape index (κ2) is 7.29. The highest BCUT2D eigenvalue weighted by Crippen LogP contribution is 2.22. The van der Waals surface area contributed by atoms with Gasteiger partial charge in [-0.3, -0.25) is 4.79 Å². The number of rotatable bonds is 6. The molecule has 134 valence electrons. The van der Waals surface area contributed by atoms with Gasteiger partial charge >= 0.3 is 12.6 Å². The molecule has 0 aliphatic rings. The topological polar surface area (TPSA) is 93.5 Å². The molecule has 0 bridgehead atoms. The molecule has 0 saturated carbocycles. The first-order valence-electron chi connectivity index (χ1n) is 7.29. The van der Waals surface area contributed by atoms with Gasteiger partial charge in [0.25, 0.3) is 5.91 Å². The predicted octanol–water partition coefficient (Wildman–Crippen LogP) is 2.19. The van der Waals surface area contributed by atoms with Crippen LogP contribution in [0.25, 0.3) is 0 Å². The van der Waals surface area contributed by atoms with E-state index < -0.39 is 24.5 Å². The van der Waals surface area contributed by atoms with Gasteiger partial charge in [0.15, 0.2) is 11.7 Å². The number of alkyl halides is 2. The summed E-state index contributed by atoms with van der Waals surface area (Å²) in [5.74, 6) is -2.37. The van der Waals surface area contributed by atoms with E-state index in [1.165, 1.54) is 7.05 Å². The Morgan fingerprint density at radius 3 is 2.60 bits per heavy atom. The molecule has 1 atom stereocenters. The van der Waals surface area contributed by atoms with Crippen molar-refractivity contribution in [2.75, 3.05) is 0 Å². The average Bonchev–Trinajstić information content (AvgIpc) is 2.88. The molecular weight excluding hydrogens is 336 g/mol. The van der Waals surface area contributed by atoms with Crippen molar-refractivity contribution in [1.82, 2.24) is 15.1 Å². The first-order chi connectivity index (χ1) is 11.7. The van der Waals surface area contributed by atoms with E-state index in [0.717, 1.165) is 21.9 Å². The lowest BCUT2D eigenvalue weighted by molar-refractivity contribution is -0.139. The fourth-order valence-electron chi connectivity index (χ4n) is 2.33. The normalized spacial score (nSPS) is 12.1. The zero-order valence-corrected chi connectivity index (χ0v) is 13.8. The van der Waals surface area contributed by atoms with Gasteiger partial charge in [-0.15, -0.1) is 0 Å². The minimum atomic E-state index is -3.06. The molecular formula is C16H17F2N3O4. The summed E-state index contributed by atoms with van der Waals surface area (Å²) in [5.41, 5.74) is 1.82.